The normalized spacial score (nSPS) is 21.8. The van der Waals surface area contributed by atoms with Crippen LogP contribution in [0.3, 0.4) is 0 Å². The zero-order valence-corrected chi connectivity index (χ0v) is 11.2. The van der Waals surface area contributed by atoms with Crippen LogP contribution in [0.2, 0.25) is 0 Å². The minimum atomic E-state index is -0.547. The van der Waals surface area contributed by atoms with Crippen molar-refractivity contribution in [3.8, 4) is 0 Å². The van der Waals surface area contributed by atoms with Crippen molar-refractivity contribution < 1.29 is 19.4 Å². The van der Waals surface area contributed by atoms with Gasteiger partial charge < -0.3 is 20.1 Å². The first-order valence-electron chi connectivity index (χ1n) is 6.23. The molecule has 2 unspecified atom stereocenters. The van der Waals surface area contributed by atoms with Gasteiger partial charge >= 0.3 is 0 Å². The molecule has 104 valence electrons. The second kappa shape index (κ2) is 6.70. The highest BCUT2D eigenvalue weighted by atomic mass is 16.5. The van der Waals surface area contributed by atoms with Crippen LogP contribution in [0.4, 0.5) is 0 Å². The van der Waals surface area contributed by atoms with Gasteiger partial charge in [0.15, 0.2) is 0 Å². The molecule has 1 rings (SSSR count). The number of carbonyl (C=O) groups excluding carboxylic acids is 2. The summed E-state index contributed by atoms with van der Waals surface area (Å²) in [6.07, 6.45) is 0. The van der Waals surface area contributed by atoms with Gasteiger partial charge in [-0.25, -0.2) is 0 Å². The number of carbonyl (C=O) groups is 2. The average molecular weight is 258 g/mol. The molecule has 0 aromatic carbocycles. The highest BCUT2D eigenvalue weighted by molar-refractivity contribution is 5.87. The topological polar surface area (TPSA) is 78.9 Å². The lowest BCUT2D eigenvalue weighted by atomic mass is 10.0. The average Bonchev–Trinajstić information content (AvgIpc) is 2.34. The SMILES string of the molecule is CC(=O)NC(C(=O)N1CCOCC1CO)C(C)C. The van der Waals surface area contributed by atoms with Crippen LogP contribution >= 0.6 is 0 Å². The van der Waals surface area contributed by atoms with Gasteiger partial charge in [0, 0.05) is 13.5 Å². The molecule has 6 nitrogen and oxygen atoms in total. The van der Waals surface area contributed by atoms with E-state index in [9.17, 15) is 14.7 Å². The summed E-state index contributed by atoms with van der Waals surface area (Å²) in [5.74, 6) is -0.373. The maximum atomic E-state index is 12.4. The second-order valence-electron chi connectivity index (χ2n) is 4.87. The molecule has 6 heteroatoms. The molecule has 1 aliphatic rings. The lowest BCUT2D eigenvalue weighted by Crippen LogP contribution is -2.58. The molecular weight excluding hydrogens is 236 g/mol. The van der Waals surface area contributed by atoms with E-state index >= 15 is 0 Å². The molecule has 0 radical (unpaired) electrons. The largest absolute Gasteiger partial charge is 0.394 e. The Morgan fingerprint density at radius 3 is 2.67 bits per heavy atom. The third-order valence-corrected chi connectivity index (χ3v) is 3.01. The first-order valence-corrected chi connectivity index (χ1v) is 6.23. The zero-order chi connectivity index (χ0) is 13.7. The van der Waals surface area contributed by atoms with Gasteiger partial charge in [0.2, 0.25) is 11.8 Å². The summed E-state index contributed by atoms with van der Waals surface area (Å²) >= 11 is 0. The molecule has 0 saturated carbocycles. The van der Waals surface area contributed by atoms with E-state index in [0.29, 0.717) is 19.8 Å². The number of amides is 2. The van der Waals surface area contributed by atoms with Crippen molar-refractivity contribution in [1.29, 1.82) is 0 Å². The van der Waals surface area contributed by atoms with E-state index < -0.39 is 6.04 Å². The predicted molar refractivity (Wildman–Crippen MR) is 65.8 cm³/mol. The molecule has 0 aromatic rings. The van der Waals surface area contributed by atoms with Crippen molar-refractivity contribution in [2.24, 2.45) is 5.92 Å². The van der Waals surface area contributed by atoms with Gasteiger partial charge in [0.05, 0.1) is 25.9 Å². The Bertz CT molecular complexity index is 306. The summed E-state index contributed by atoms with van der Waals surface area (Å²) < 4.78 is 5.23. The highest BCUT2D eigenvalue weighted by Crippen LogP contribution is 2.12. The van der Waals surface area contributed by atoms with Gasteiger partial charge in [-0.3, -0.25) is 9.59 Å². The molecule has 1 saturated heterocycles. The molecule has 0 aliphatic carbocycles. The predicted octanol–water partition coefficient (Wildman–Crippen LogP) is -0.633. The third kappa shape index (κ3) is 3.68. The summed E-state index contributed by atoms with van der Waals surface area (Å²) in [4.78, 5) is 25.1. The van der Waals surface area contributed by atoms with Crippen LogP contribution in [-0.2, 0) is 14.3 Å². The van der Waals surface area contributed by atoms with Gasteiger partial charge in [-0.15, -0.1) is 0 Å². The molecule has 2 amide bonds. The van der Waals surface area contributed by atoms with Crippen LogP contribution in [0.25, 0.3) is 0 Å². The third-order valence-electron chi connectivity index (χ3n) is 3.01. The number of morpholine rings is 1. The number of ether oxygens (including phenoxy) is 1. The van der Waals surface area contributed by atoms with E-state index in [1.807, 2.05) is 13.8 Å². The number of aliphatic hydroxyl groups is 1. The van der Waals surface area contributed by atoms with Gasteiger partial charge in [-0.05, 0) is 5.92 Å². The number of aliphatic hydroxyl groups excluding tert-OH is 1. The maximum Gasteiger partial charge on any atom is 0.245 e. The Labute approximate surface area is 107 Å². The molecule has 0 bridgehead atoms. The van der Waals surface area contributed by atoms with Crippen molar-refractivity contribution in [3.05, 3.63) is 0 Å². The Balaban J connectivity index is 2.77. The van der Waals surface area contributed by atoms with Crippen molar-refractivity contribution in [2.45, 2.75) is 32.9 Å². The first-order chi connectivity index (χ1) is 8.47. The van der Waals surface area contributed by atoms with Gasteiger partial charge in [0.1, 0.15) is 6.04 Å². The van der Waals surface area contributed by atoms with Gasteiger partial charge in [-0.1, -0.05) is 13.8 Å². The molecule has 0 aromatic heterocycles. The van der Waals surface area contributed by atoms with E-state index in [1.54, 1.807) is 4.90 Å². The smallest absolute Gasteiger partial charge is 0.245 e. The van der Waals surface area contributed by atoms with Crippen LogP contribution in [0.1, 0.15) is 20.8 Å². The van der Waals surface area contributed by atoms with Crippen molar-refractivity contribution >= 4 is 11.8 Å². The lowest BCUT2D eigenvalue weighted by molar-refractivity contribution is -0.146. The molecule has 1 fully saturated rings. The van der Waals surface area contributed by atoms with Crippen molar-refractivity contribution in [3.63, 3.8) is 0 Å². The minimum absolute atomic E-state index is 0.00332. The van der Waals surface area contributed by atoms with E-state index in [0.717, 1.165) is 0 Å². The fourth-order valence-corrected chi connectivity index (χ4v) is 2.01. The Morgan fingerprint density at radius 1 is 1.50 bits per heavy atom. The van der Waals surface area contributed by atoms with Crippen molar-refractivity contribution in [2.75, 3.05) is 26.4 Å². The monoisotopic (exact) mass is 258 g/mol. The maximum absolute atomic E-state index is 12.4. The van der Waals surface area contributed by atoms with E-state index in [2.05, 4.69) is 5.32 Å². The molecule has 1 aliphatic heterocycles. The molecule has 2 N–H and O–H groups in total. The molecular formula is C12H22N2O4. The summed E-state index contributed by atoms with van der Waals surface area (Å²) in [6, 6.07) is -0.865. The fourth-order valence-electron chi connectivity index (χ4n) is 2.01. The summed E-state index contributed by atoms with van der Waals surface area (Å²) in [7, 11) is 0. The Morgan fingerprint density at radius 2 is 2.17 bits per heavy atom. The number of nitrogens with one attached hydrogen (secondary N) is 1. The first kappa shape index (κ1) is 14.9. The quantitative estimate of drug-likeness (QED) is 0.703. The van der Waals surface area contributed by atoms with Gasteiger partial charge in [0.25, 0.3) is 0 Å². The number of rotatable bonds is 4. The number of hydrogen-bond donors (Lipinski definition) is 2. The van der Waals surface area contributed by atoms with E-state index in [1.165, 1.54) is 6.92 Å². The molecule has 18 heavy (non-hydrogen) atoms. The highest BCUT2D eigenvalue weighted by Gasteiger charge is 2.33. The van der Waals surface area contributed by atoms with Crippen molar-refractivity contribution in [1.82, 2.24) is 10.2 Å². The summed E-state index contributed by atoms with van der Waals surface area (Å²) in [6.45, 7) is 6.29. The zero-order valence-electron chi connectivity index (χ0n) is 11.2. The summed E-state index contributed by atoms with van der Waals surface area (Å²) in [5, 5.41) is 11.9. The van der Waals surface area contributed by atoms with Crippen LogP contribution in [0.15, 0.2) is 0 Å². The van der Waals surface area contributed by atoms with E-state index in [-0.39, 0.29) is 30.4 Å². The molecule has 1 heterocycles. The van der Waals surface area contributed by atoms with Crippen LogP contribution < -0.4 is 5.32 Å². The second-order valence-corrected chi connectivity index (χ2v) is 4.87. The van der Waals surface area contributed by atoms with Crippen LogP contribution in [0.5, 0.6) is 0 Å². The Hall–Kier alpha value is -1.14. The standard InChI is InChI=1S/C12H22N2O4/c1-8(2)11(13-9(3)16)12(17)14-4-5-18-7-10(14)6-15/h8,10-11,15H,4-7H2,1-3H3,(H,13,16). The molecule has 0 spiro atoms. The summed E-state index contributed by atoms with van der Waals surface area (Å²) in [5.41, 5.74) is 0. The Kier molecular flexibility index (Phi) is 5.55. The fraction of sp³-hybridized carbons (Fsp3) is 0.833. The van der Waals surface area contributed by atoms with E-state index in [4.69, 9.17) is 4.74 Å². The molecule has 2 atom stereocenters. The van der Waals surface area contributed by atoms with Crippen LogP contribution in [-0.4, -0.2) is 60.3 Å². The van der Waals surface area contributed by atoms with Gasteiger partial charge in [-0.2, -0.15) is 0 Å². The minimum Gasteiger partial charge on any atom is -0.394 e. The lowest BCUT2D eigenvalue weighted by Gasteiger charge is -2.37. The number of hydrogen-bond acceptors (Lipinski definition) is 4. The number of nitrogens with zero attached hydrogens (tertiary/aromatic N) is 1. The van der Waals surface area contributed by atoms with Crippen LogP contribution in [0, 0.1) is 5.92 Å².